The lowest BCUT2D eigenvalue weighted by molar-refractivity contribution is 0.0815. The molecule has 0 radical (unpaired) electrons. The molecule has 0 aromatic heterocycles. The Morgan fingerprint density at radius 1 is 1.16 bits per heavy atom. The van der Waals surface area contributed by atoms with Crippen molar-refractivity contribution in [3.63, 3.8) is 0 Å². The van der Waals surface area contributed by atoms with E-state index in [-0.39, 0.29) is 6.04 Å². The summed E-state index contributed by atoms with van der Waals surface area (Å²) in [6.07, 6.45) is 0. The molecule has 1 unspecified atom stereocenters. The Hall–Kier alpha value is -1.06. The number of aryl methyl sites for hydroxylation is 1. The molecular weight excluding hydrogens is 238 g/mol. The average molecular weight is 265 g/mol. The molecule has 0 aliphatic carbocycles. The van der Waals surface area contributed by atoms with E-state index in [9.17, 15) is 0 Å². The molecule has 3 nitrogen and oxygen atoms in total. The largest absolute Gasteiger partial charge is 0.491 e. The van der Waals surface area contributed by atoms with Crippen LogP contribution in [0.2, 0.25) is 0 Å². The van der Waals surface area contributed by atoms with E-state index in [1.165, 1.54) is 11.1 Å². The van der Waals surface area contributed by atoms with Gasteiger partial charge >= 0.3 is 0 Å². The second kappa shape index (κ2) is 8.18. The van der Waals surface area contributed by atoms with Crippen LogP contribution in [-0.2, 0) is 4.74 Å². The fourth-order valence-electron chi connectivity index (χ4n) is 1.81. The van der Waals surface area contributed by atoms with Crippen LogP contribution in [0.1, 0.15) is 37.9 Å². The van der Waals surface area contributed by atoms with Gasteiger partial charge < -0.3 is 14.8 Å². The maximum absolute atomic E-state index is 5.86. The van der Waals surface area contributed by atoms with E-state index in [4.69, 9.17) is 9.47 Å². The first-order chi connectivity index (χ1) is 9.04. The number of hydrogen-bond acceptors (Lipinski definition) is 3. The summed E-state index contributed by atoms with van der Waals surface area (Å²) in [7, 11) is 1.96. The first-order valence-electron chi connectivity index (χ1n) is 7.03. The molecule has 0 saturated carbocycles. The minimum Gasteiger partial charge on any atom is -0.491 e. The average Bonchev–Trinajstić information content (AvgIpc) is 2.37. The summed E-state index contributed by atoms with van der Waals surface area (Å²) < 4.78 is 11.4. The third kappa shape index (κ3) is 5.62. The molecule has 1 N–H and O–H groups in total. The van der Waals surface area contributed by atoms with Crippen LogP contribution in [0.15, 0.2) is 18.2 Å². The lowest BCUT2D eigenvalue weighted by atomic mass is 10.1. The van der Waals surface area contributed by atoms with Crippen LogP contribution in [0.4, 0.5) is 0 Å². The minimum absolute atomic E-state index is 0.284. The highest BCUT2D eigenvalue weighted by Crippen LogP contribution is 2.26. The summed E-state index contributed by atoms with van der Waals surface area (Å²) in [6, 6.07) is 6.62. The molecule has 0 aliphatic heterocycles. The first-order valence-corrected chi connectivity index (χ1v) is 7.03. The van der Waals surface area contributed by atoms with Crippen molar-refractivity contribution in [2.75, 3.05) is 26.9 Å². The van der Waals surface area contributed by atoms with Gasteiger partial charge in [-0.25, -0.2) is 0 Å². The van der Waals surface area contributed by atoms with E-state index in [2.05, 4.69) is 51.2 Å². The Kier molecular flexibility index (Phi) is 6.89. The fraction of sp³-hybridized carbons (Fsp3) is 0.625. The van der Waals surface area contributed by atoms with Gasteiger partial charge in [-0.05, 0) is 38.4 Å². The van der Waals surface area contributed by atoms with Gasteiger partial charge in [0.1, 0.15) is 12.4 Å². The lowest BCUT2D eigenvalue weighted by Gasteiger charge is -2.17. The fourth-order valence-corrected chi connectivity index (χ4v) is 1.81. The molecule has 19 heavy (non-hydrogen) atoms. The lowest BCUT2D eigenvalue weighted by Crippen LogP contribution is -2.15. The Bertz CT molecular complexity index is 377. The van der Waals surface area contributed by atoms with Crippen LogP contribution < -0.4 is 10.1 Å². The molecule has 0 amide bonds. The smallest absolute Gasteiger partial charge is 0.124 e. The first kappa shape index (κ1) is 16.0. The second-order valence-corrected chi connectivity index (χ2v) is 5.37. The van der Waals surface area contributed by atoms with Gasteiger partial charge in [-0.3, -0.25) is 0 Å². The summed E-state index contributed by atoms with van der Waals surface area (Å²) in [4.78, 5) is 0. The van der Waals surface area contributed by atoms with Crippen molar-refractivity contribution in [3.8, 4) is 5.75 Å². The Labute approximate surface area is 117 Å². The molecule has 0 saturated heterocycles. The zero-order chi connectivity index (χ0) is 14.3. The third-order valence-electron chi connectivity index (χ3n) is 3.01. The van der Waals surface area contributed by atoms with Crippen molar-refractivity contribution < 1.29 is 9.47 Å². The highest BCUT2D eigenvalue weighted by Gasteiger charge is 2.10. The highest BCUT2D eigenvalue weighted by atomic mass is 16.5. The molecular formula is C16H27NO2. The van der Waals surface area contributed by atoms with E-state index in [1.54, 1.807) is 0 Å². The van der Waals surface area contributed by atoms with Crippen LogP contribution in [0.5, 0.6) is 5.75 Å². The topological polar surface area (TPSA) is 30.5 Å². The van der Waals surface area contributed by atoms with E-state index < -0.39 is 0 Å². The zero-order valence-corrected chi connectivity index (χ0v) is 12.8. The Balaban J connectivity index is 2.53. The van der Waals surface area contributed by atoms with Gasteiger partial charge in [-0.1, -0.05) is 26.0 Å². The van der Waals surface area contributed by atoms with Gasteiger partial charge in [0.15, 0.2) is 0 Å². The van der Waals surface area contributed by atoms with Crippen LogP contribution in [0.25, 0.3) is 0 Å². The highest BCUT2D eigenvalue weighted by molar-refractivity contribution is 5.39. The van der Waals surface area contributed by atoms with E-state index >= 15 is 0 Å². The third-order valence-corrected chi connectivity index (χ3v) is 3.01. The molecule has 1 atom stereocenters. The second-order valence-electron chi connectivity index (χ2n) is 5.37. The van der Waals surface area contributed by atoms with Crippen molar-refractivity contribution in [2.24, 2.45) is 5.92 Å². The summed E-state index contributed by atoms with van der Waals surface area (Å²) in [5.74, 6) is 1.52. The molecule has 1 aromatic rings. The van der Waals surface area contributed by atoms with E-state index in [0.29, 0.717) is 19.1 Å². The van der Waals surface area contributed by atoms with Gasteiger partial charge in [0.25, 0.3) is 0 Å². The number of nitrogens with one attached hydrogen (secondary N) is 1. The molecule has 0 bridgehead atoms. The molecule has 0 spiro atoms. The minimum atomic E-state index is 0.284. The quantitative estimate of drug-likeness (QED) is 0.731. The summed E-state index contributed by atoms with van der Waals surface area (Å²) >= 11 is 0. The van der Waals surface area contributed by atoms with Gasteiger partial charge in [-0.15, -0.1) is 0 Å². The van der Waals surface area contributed by atoms with Crippen molar-refractivity contribution in [2.45, 2.75) is 33.7 Å². The normalized spacial score (nSPS) is 12.7. The SMILES string of the molecule is CNC(C)c1ccc(C)cc1OCCOCC(C)C. The monoisotopic (exact) mass is 265 g/mol. The van der Waals surface area contributed by atoms with Crippen molar-refractivity contribution in [1.82, 2.24) is 5.32 Å². The van der Waals surface area contributed by atoms with Gasteiger partial charge in [0.05, 0.1) is 6.61 Å². The number of rotatable bonds is 8. The van der Waals surface area contributed by atoms with Crippen LogP contribution in [0, 0.1) is 12.8 Å². The van der Waals surface area contributed by atoms with Gasteiger partial charge in [0, 0.05) is 18.2 Å². The van der Waals surface area contributed by atoms with Crippen LogP contribution in [0.3, 0.4) is 0 Å². The van der Waals surface area contributed by atoms with Crippen LogP contribution >= 0.6 is 0 Å². The van der Waals surface area contributed by atoms with Crippen molar-refractivity contribution in [1.29, 1.82) is 0 Å². The van der Waals surface area contributed by atoms with E-state index in [1.807, 2.05) is 7.05 Å². The molecule has 1 aromatic carbocycles. The molecule has 0 aliphatic rings. The predicted molar refractivity (Wildman–Crippen MR) is 79.8 cm³/mol. The van der Waals surface area contributed by atoms with Crippen molar-refractivity contribution in [3.05, 3.63) is 29.3 Å². The van der Waals surface area contributed by atoms with Crippen LogP contribution in [-0.4, -0.2) is 26.9 Å². The summed E-state index contributed by atoms with van der Waals surface area (Å²) in [5, 5.41) is 3.25. The number of ether oxygens (including phenoxy) is 2. The van der Waals surface area contributed by atoms with E-state index in [0.717, 1.165) is 12.4 Å². The standard InChI is InChI=1S/C16H27NO2/c1-12(2)11-18-8-9-19-16-10-13(3)6-7-15(16)14(4)17-5/h6-7,10,12,14,17H,8-9,11H2,1-5H3. The van der Waals surface area contributed by atoms with Crippen molar-refractivity contribution >= 4 is 0 Å². The molecule has 0 fully saturated rings. The molecule has 1 rings (SSSR count). The Morgan fingerprint density at radius 2 is 1.89 bits per heavy atom. The predicted octanol–water partition coefficient (Wildman–Crippen LogP) is 3.33. The van der Waals surface area contributed by atoms with Gasteiger partial charge in [0.2, 0.25) is 0 Å². The van der Waals surface area contributed by atoms with Gasteiger partial charge in [-0.2, -0.15) is 0 Å². The maximum atomic E-state index is 5.86. The summed E-state index contributed by atoms with van der Waals surface area (Å²) in [5.41, 5.74) is 2.40. The molecule has 0 heterocycles. The zero-order valence-electron chi connectivity index (χ0n) is 12.8. The number of benzene rings is 1. The Morgan fingerprint density at radius 3 is 2.53 bits per heavy atom. The molecule has 108 valence electrons. The summed E-state index contributed by atoms with van der Waals surface area (Å²) in [6.45, 7) is 10.5. The molecule has 3 heteroatoms. The number of hydrogen-bond donors (Lipinski definition) is 1. The maximum Gasteiger partial charge on any atom is 0.124 e.